The van der Waals surface area contributed by atoms with Crippen molar-refractivity contribution in [2.24, 2.45) is 7.05 Å². The second kappa shape index (κ2) is 7.07. The first-order valence-corrected chi connectivity index (χ1v) is 10.6. The summed E-state index contributed by atoms with van der Waals surface area (Å²) >= 11 is 0. The van der Waals surface area contributed by atoms with Crippen LogP contribution in [0.25, 0.3) is 10.8 Å². The molecule has 0 aliphatic carbocycles. The Hall–Kier alpha value is -2.22. The number of aryl methyl sites for hydroxylation is 1. The van der Waals surface area contributed by atoms with Gasteiger partial charge in [-0.1, -0.05) is 42.5 Å². The zero-order chi connectivity index (χ0) is 19.0. The summed E-state index contributed by atoms with van der Waals surface area (Å²) < 4.78 is 29.0. The van der Waals surface area contributed by atoms with Crippen LogP contribution in [0.2, 0.25) is 0 Å². The molecule has 0 bridgehead atoms. The number of sulfonamides is 1. The summed E-state index contributed by atoms with van der Waals surface area (Å²) in [5, 5.41) is 6.58. The van der Waals surface area contributed by atoms with E-state index in [1.165, 1.54) is 22.5 Å². The Morgan fingerprint density at radius 2 is 1.70 bits per heavy atom. The van der Waals surface area contributed by atoms with Gasteiger partial charge in [-0.3, -0.25) is 9.58 Å². The van der Waals surface area contributed by atoms with E-state index in [1.54, 1.807) is 23.0 Å². The molecule has 7 heteroatoms. The average Bonchev–Trinajstić information content (AvgIpc) is 3.02. The maximum Gasteiger partial charge on any atom is 0.246 e. The number of nitrogens with zero attached hydrogens (tertiary/aromatic N) is 4. The molecule has 2 heterocycles. The SMILES string of the molecule is Cc1c(S(=O)(=O)N2CCN(Cc3cccc4ccccc34)CC2)cnn1C. The van der Waals surface area contributed by atoms with Crippen LogP contribution in [0.5, 0.6) is 0 Å². The topological polar surface area (TPSA) is 58.4 Å². The molecule has 0 N–H and O–H groups in total. The summed E-state index contributed by atoms with van der Waals surface area (Å²) in [6, 6.07) is 14.8. The Morgan fingerprint density at radius 3 is 2.41 bits per heavy atom. The summed E-state index contributed by atoms with van der Waals surface area (Å²) in [5.74, 6) is 0. The molecule has 1 aliphatic heterocycles. The fraction of sp³-hybridized carbons (Fsp3) is 0.350. The Bertz CT molecular complexity index is 1060. The van der Waals surface area contributed by atoms with Gasteiger partial charge in [0.25, 0.3) is 0 Å². The molecule has 0 unspecified atom stereocenters. The Morgan fingerprint density at radius 1 is 1.00 bits per heavy atom. The summed E-state index contributed by atoms with van der Waals surface area (Å²) in [5.41, 5.74) is 1.96. The second-order valence-electron chi connectivity index (χ2n) is 7.04. The van der Waals surface area contributed by atoms with E-state index in [4.69, 9.17) is 0 Å². The van der Waals surface area contributed by atoms with Gasteiger partial charge in [-0.2, -0.15) is 9.40 Å². The molecule has 4 rings (SSSR count). The second-order valence-corrected chi connectivity index (χ2v) is 8.94. The van der Waals surface area contributed by atoms with Crippen LogP contribution in [-0.2, 0) is 23.6 Å². The number of fused-ring (bicyclic) bond motifs is 1. The van der Waals surface area contributed by atoms with Crippen LogP contribution >= 0.6 is 0 Å². The minimum absolute atomic E-state index is 0.313. The quantitative estimate of drug-likeness (QED) is 0.693. The van der Waals surface area contributed by atoms with Crippen LogP contribution in [0.3, 0.4) is 0 Å². The first-order chi connectivity index (χ1) is 13.0. The predicted molar refractivity (Wildman–Crippen MR) is 106 cm³/mol. The lowest BCUT2D eigenvalue weighted by atomic mass is 10.0. The van der Waals surface area contributed by atoms with Crippen LogP contribution < -0.4 is 0 Å². The summed E-state index contributed by atoms with van der Waals surface area (Å²) in [7, 11) is -1.72. The van der Waals surface area contributed by atoms with Gasteiger partial charge in [-0.15, -0.1) is 0 Å². The highest BCUT2D eigenvalue weighted by Gasteiger charge is 2.31. The van der Waals surface area contributed by atoms with Gasteiger partial charge in [0.05, 0.1) is 11.9 Å². The van der Waals surface area contributed by atoms with E-state index >= 15 is 0 Å². The van der Waals surface area contributed by atoms with E-state index in [0.717, 1.165) is 19.6 Å². The normalized spacial score (nSPS) is 16.8. The van der Waals surface area contributed by atoms with Gasteiger partial charge in [0.2, 0.25) is 10.0 Å². The highest BCUT2D eigenvalue weighted by molar-refractivity contribution is 7.89. The molecule has 0 spiro atoms. The van der Waals surface area contributed by atoms with Gasteiger partial charge in [0.15, 0.2) is 0 Å². The standard InChI is InChI=1S/C20H24N4O2S/c1-16-20(14-21-22(16)2)27(25,26)24-12-10-23(11-13-24)15-18-8-5-7-17-6-3-4-9-19(17)18/h3-9,14H,10-13,15H2,1-2H3. The van der Waals surface area contributed by atoms with E-state index in [9.17, 15) is 8.42 Å². The van der Waals surface area contributed by atoms with Gasteiger partial charge >= 0.3 is 0 Å². The Kier molecular flexibility index (Phi) is 4.75. The molecule has 0 amide bonds. The van der Waals surface area contributed by atoms with E-state index < -0.39 is 10.0 Å². The van der Waals surface area contributed by atoms with E-state index in [2.05, 4.69) is 52.5 Å². The number of hydrogen-bond donors (Lipinski definition) is 0. The monoisotopic (exact) mass is 384 g/mol. The van der Waals surface area contributed by atoms with Crippen molar-refractivity contribution in [2.45, 2.75) is 18.4 Å². The Labute approximate surface area is 160 Å². The van der Waals surface area contributed by atoms with Crippen molar-refractivity contribution in [3.63, 3.8) is 0 Å². The van der Waals surface area contributed by atoms with Crippen molar-refractivity contribution in [3.05, 3.63) is 59.9 Å². The van der Waals surface area contributed by atoms with Crippen molar-refractivity contribution >= 4 is 20.8 Å². The van der Waals surface area contributed by atoms with E-state index in [-0.39, 0.29) is 0 Å². The number of piperazine rings is 1. The van der Waals surface area contributed by atoms with Gasteiger partial charge in [-0.05, 0) is 23.3 Å². The minimum Gasteiger partial charge on any atom is -0.296 e. The third-order valence-electron chi connectivity index (χ3n) is 5.41. The average molecular weight is 385 g/mol. The van der Waals surface area contributed by atoms with Gasteiger partial charge in [-0.25, -0.2) is 8.42 Å². The molecule has 1 aromatic heterocycles. The van der Waals surface area contributed by atoms with Crippen LogP contribution in [0.4, 0.5) is 0 Å². The maximum atomic E-state index is 12.9. The summed E-state index contributed by atoms with van der Waals surface area (Å²) in [6.45, 7) is 5.07. The van der Waals surface area contributed by atoms with Crippen LogP contribution in [-0.4, -0.2) is 53.6 Å². The molecule has 0 atom stereocenters. The third-order valence-corrected chi connectivity index (χ3v) is 7.41. The molecule has 2 aromatic carbocycles. The molecule has 1 aliphatic rings. The van der Waals surface area contributed by atoms with Crippen molar-refractivity contribution in [1.29, 1.82) is 0 Å². The molecule has 0 saturated carbocycles. The van der Waals surface area contributed by atoms with Crippen molar-refractivity contribution < 1.29 is 8.42 Å². The lowest BCUT2D eigenvalue weighted by Crippen LogP contribution is -2.48. The number of aromatic nitrogens is 2. The number of benzene rings is 2. The van der Waals surface area contributed by atoms with Crippen LogP contribution in [0.1, 0.15) is 11.3 Å². The zero-order valence-electron chi connectivity index (χ0n) is 15.7. The van der Waals surface area contributed by atoms with Crippen LogP contribution in [0.15, 0.2) is 53.6 Å². The maximum absolute atomic E-state index is 12.9. The van der Waals surface area contributed by atoms with Crippen molar-refractivity contribution in [2.75, 3.05) is 26.2 Å². The lowest BCUT2D eigenvalue weighted by Gasteiger charge is -2.34. The molecule has 6 nitrogen and oxygen atoms in total. The minimum atomic E-state index is -3.48. The first-order valence-electron chi connectivity index (χ1n) is 9.14. The molecule has 142 valence electrons. The van der Waals surface area contributed by atoms with Crippen molar-refractivity contribution in [3.8, 4) is 0 Å². The third kappa shape index (κ3) is 3.38. The molecule has 1 saturated heterocycles. The molecular formula is C20H24N4O2S. The van der Waals surface area contributed by atoms with Gasteiger partial charge < -0.3 is 0 Å². The molecule has 1 fully saturated rings. The molecular weight excluding hydrogens is 360 g/mol. The zero-order valence-corrected chi connectivity index (χ0v) is 16.5. The number of hydrogen-bond acceptors (Lipinski definition) is 4. The fourth-order valence-corrected chi connectivity index (χ4v) is 5.28. The van der Waals surface area contributed by atoms with E-state index in [0.29, 0.717) is 23.7 Å². The molecule has 0 radical (unpaired) electrons. The van der Waals surface area contributed by atoms with Gasteiger partial charge in [0, 0.05) is 39.8 Å². The highest BCUT2D eigenvalue weighted by atomic mass is 32.2. The fourth-order valence-electron chi connectivity index (χ4n) is 3.67. The largest absolute Gasteiger partial charge is 0.296 e. The molecule has 3 aromatic rings. The van der Waals surface area contributed by atoms with Crippen molar-refractivity contribution in [1.82, 2.24) is 19.0 Å². The Balaban J connectivity index is 1.47. The summed E-state index contributed by atoms with van der Waals surface area (Å²) in [6.07, 6.45) is 1.45. The van der Waals surface area contributed by atoms with Gasteiger partial charge in [0.1, 0.15) is 4.90 Å². The summed E-state index contributed by atoms with van der Waals surface area (Å²) in [4.78, 5) is 2.64. The molecule has 27 heavy (non-hydrogen) atoms. The predicted octanol–water partition coefficient (Wildman–Crippen LogP) is 2.39. The highest BCUT2D eigenvalue weighted by Crippen LogP contribution is 2.23. The smallest absolute Gasteiger partial charge is 0.246 e. The lowest BCUT2D eigenvalue weighted by molar-refractivity contribution is 0.182. The van der Waals surface area contributed by atoms with Crippen LogP contribution in [0, 0.1) is 6.92 Å². The van der Waals surface area contributed by atoms with E-state index in [1.807, 2.05) is 0 Å². The first kappa shape index (κ1) is 18.2. The number of rotatable bonds is 4.